The molecule has 2 rings (SSSR count). The Bertz CT molecular complexity index is 611. The minimum absolute atomic E-state index is 0.102. The van der Waals surface area contributed by atoms with Gasteiger partial charge in [0.1, 0.15) is 5.75 Å². The van der Waals surface area contributed by atoms with Crippen molar-refractivity contribution >= 4 is 17.3 Å². The van der Waals surface area contributed by atoms with Crippen LogP contribution in [-0.2, 0) is 6.54 Å². The third-order valence-corrected chi connectivity index (χ3v) is 2.92. The van der Waals surface area contributed by atoms with E-state index in [2.05, 4.69) is 5.32 Å². The number of halogens is 4. The maximum atomic E-state index is 13.1. The Morgan fingerprint density at radius 1 is 1.10 bits per heavy atom. The average Bonchev–Trinajstić information content (AvgIpc) is 2.42. The Balaban J connectivity index is 2.18. The Hall–Kier alpha value is -1.88. The van der Waals surface area contributed by atoms with Gasteiger partial charge in [-0.25, -0.2) is 13.2 Å². The van der Waals surface area contributed by atoms with Crippen molar-refractivity contribution in [1.82, 2.24) is 0 Å². The van der Waals surface area contributed by atoms with Crippen molar-refractivity contribution in [1.29, 1.82) is 0 Å². The summed E-state index contributed by atoms with van der Waals surface area (Å²) in [7, 11) is 1.49. The van der Waals surface area contributed by atoms with Gasteiger partial charge in [-0.2, -0.15) is 0 Å². The second kappa shape index (κ2) is 6.05. The SMILES string of the molecule is COc1ccc(Cl)cc1NCc1cc(F)c(F)c(F)c1. The standard InChI is InChI=1S/C14H11ClF3NO/c1-20-13-3-2-9(15)6-12(13)19-7-8-4-10(16)14(18)11(17)5-8/h2-6,19H,7H2,1H3. The van der Waals surface area contributed by atoms with E-state index >= 15 is 0 Å². The van der Waals surface area contributed by atoms with Gasteiger partial charge in [0.15, 0.2) is 17.5 Å². The summed E-state index contributed by atoms with van der Waals surface area (Å²) in [4.78, 5) is 0. The number of hydrogen-bond acceptors (Lipinski definition) is 2. The van der Waals surface area contributed by atoms with Crippen LogP contribution in [0.4, 0.5) is 18.9 Å². The zero-order chi connectivity index (χ0) is 14.7. The second-order valence-corrected chi connectivity index (χ2v) is 4.51. The number of hydrogen-bond donors (Lipinski definition) is 1. The topological polar surface area (TPSA) is 21.3 Å². The van der Waals surface area contributed by atoms with Crippen LogP contribution in [0, 0.1) is 17.5 Å². The van der Waals surface area contributed by atoms with E-state index in [9.17, 15) is 13.2 Å². The normalized spacial score (nSPS) is 10.4. The van der Waals surface area contributed by atoms with Gasteiger partial charge in [0.25, 0.3) is 0 Å². The molecule has 0 atom stereocenters. The monoisotopic (exact) mass is 301 g/mol. The molecule has 2 nitrogen and oxygen atoms in total. The van der Waals surface area contributed by atoms with E-state index in [0.29, 0.717) is 16.5 Å². The summed E-state index contributed by atoms with van der Waals surface area (Å²) in [5, 5.41) is 3.42. The number of anilines is 1. The number of benzene rings is 2. The maximum absolute atomic E-state index is 13.1. The number of rotatable bonds is 4. The lowest BCUT2D eigenvalue weighted by molar-refractivity contribution is 0.416. The lowest BCUT2D eigenvalue weighted by atomic mass is 10.2. The summed E-state index contributed by atoms with van der Waals surface area (Å²) < 4.78 is 44.1. The van der Waals surface area contributed by atoms with Gasteiger partial charge in [0.05, 0.1) is 12.8 Å². The van der Waals surface area contributed by atoms with Crippen LogP contribution in [-0.4, -0.2) is 7.11 Å². The molecule has 0 fully saturated rings. The third-order valence-electron chi connectivity index (χ3n) is 2.69. The van der Waals surface area contributed by atoms with Crippen LogP contribution in [0.15, 0.2) is 30.3 Å². The van der Waals surface area contributed by atoms with Crippen molar-refractivity contribution in [2.45, 2.75) is 6.54 Å². The van der Waals surface area contributed by atoms with Gasteiger partial charge in [-0.05, 0) is 35.9 Å². The summed E-state index contributed by atoms with van der Waals surface area (Å²) >= 11 is 5.86. The van der Waals surface area contributed by atoms with Crippen molar-refractivity contribution in [2.24, 2.45) is 0 Å². The molecule has 0 heterocycles. The van der Waals surface area contributed by atoms with Crippen molar-refractivity contribution in [3.8, 4) is 5.75 Å². The predicted molar refractivity (Wildman–Crippen MR) is 71.6 cm³/mol. The Morgan fingerprint density at radius 2 is 1.75 bits per heavy atom. The van der Waals surface area contributed by atoms with Gasteiger partial charge in [0.2, 0.25) is 0 Å². The van der Waals surface area contributed by atoms with Gasteiger partial charge in [-0.3, -0.25) is 0 Å². The van der Waals surface area contributed by atoms with Crippen LogP contribution >= 0.6 is 11.6 Å². The highest BCUT2D eigenvalue weighted by Gasteiger charge is 2.11. The zero-order valence-corrected chi connectivity index (χ0v) is 11.3. The molecule has 0 radical (unpaired) electrons. The molecule has 0 aromatic heterocycles. The van der Waals surface area contributed by atoms with Crippen molar-refractivity contribution in [3.63, 3.8) is 0 Å². The molecule has 0 aliphatic rings. The minimum Gasteiger partial charge on any atom is -0.495 e. The van der Waals surface area contributed by atoms with Crippen molar-refractivity contribution < 1.29 is 17.9 Å². The highest BCUT2D eigenvalue weighted by Crippen LogP contribution is 2.28. The smallest absolute Gasteiger partial charge is 0.194 e. The van der Waals surface area contributed by atoms with E-state index in [1.165, 1.54) is 7.11 Å². The first-order chi connectivity index (χ1) is 9.51. The van der Waals surface area contributed by atoms with Gasteiger partial charge in [0, 0.05) is 11.6 Å². The van der Waals surface area contributed by atoms with E-state index < -0.39 is 17.5 Å². The molecule has 0 aliphatic heterocycles. The molecule has 0 amide bonds. The van der Waals surface area contributed by atoms with Crippen molar-refractivity contribution in [2.75, 3.05) is 12.4 Å². The van der Waals surface area contributed by atoms with Crippen LogP contribution in [0.3, 0.4) is 0 Å². The predicted octanol–water partition coefficient (Wildman–Crippen LogP) is 4.38. The molecule has 20 heavy (non-hydrogen) atoms. The van der Waals surface area contributed by atoms with Gasteiger partial charge < -0.3 is 10.1 Å². The first kappa shape index (κ1) is 14.5. The lowest BCUT2D eigenvalue weighted by Gasteiger charge is -2.12. The fourth-order valence-electron chi connectivity index (χ4n) is 1.73. The van der Waals surface area contributed by atoms with Gasteiger partial charge in [-0.1, -0.05) is 11.6 Å². The summed E-state index contributed by atoms with van der Waals surface area (Å²) in [5.74, 6) is -3.38. The Kier molecular flexibility index (Phi) is 4.39. The van der Waals surface area contributed by atoms with Crippen LogP contribution in [0.1, 0.15) is 5.56 Å². The molecular formula is C14H11ClF3NO. The van der Waals surface area contributed by atoms with E-state index in [0.717, 1.165) is 12.1 Å². The lowest BCUT2D eigenvalue weighted by Crippen LogP contribution is -2.03. The molecule has 106 valence electrons. The molecule has 1 N–H and O–H groups in total. The van der Waals surface area contributed by atoms with Crippen LogP contribution in [0.25, 0.3) is 0 Å². The number of ether oxygens (including phenoxy) is 1. The quantitative estimate of drug-likeness (QED) is 0.846. The van der Waals surface area contributed by atoms with E-state index in [1.807, 2.05) is 0 Å². The van der Waals surface area contributed by atoms with E-state index in [-0.39, 0.29) is 12.1 Å². The fraction of sp³-hybridized carbons (Fsp3) is 0.143. The largest absolute Gasteiger partial charge is 0.495 e. The third kappa shape index (κ3) is 3.17. The molecule has 0 unspecified atom stereocenters. The molecule has 0 saturated heterocycles. The fourth-order valence-corrected chi connectivity index (χ4v) is 1.90. The summed E-state index contributed by atoms with van der Waals surface area (Å²) in [6.45, 7) is 0.102. The summed E-state index contributed by atoms with van der Waals surface area (Å²) in [6.07, 6.45) is 0. The summed E-state index contributed by atoms with van der Waals surface area (Å²) in [6, 6.07) is 6.81. The van der Waals surface area contributed by atoms with Crippen LogP contribution in [0.2, 0.25) is 5.02 Å². The molecule has 0 aliphatic carbocycles. The highest BCUT2D eigenvalue weighted by atomic mass is 35.5. The van der Waals surface area contributed by atoms with Crippen LogP contribution < -0.4 is 10.1 Å². The summed E-state index contributed by atoms with van der Waals surface area (Å²) in [5.41, 5.74) is 0.841. The first-order valence-corrected chi connectivity index (χ1v) is 6.10. The Morgan fingerprint density at radius 3 is 2.35 bits per heavy atom. The molecule has 2 aromatic carbocycles. The molecule has 0 saturated carbocycles. The first-order valence-electron chi connectivity index (χ1n) is 5.72. The second-order valence-electron chi connectivity index (χ2n) is 4.07. The molecule has 2 aromatic rings. The number of methoxy groups -OCH3 is 1. The average molecular weight is 302 g/mol. The van der Waals surface area contributed by atoms with E-state index in [4.69, 9.17) is 16.3 Å². The van der Waals surface area contributed by atoms with Crippen molar-refractivity contribution in [3.05, 3.63) is 58.4 Å². The zero-order valence-electron chi connectivity index (χ0n) is 10.5. The Labute approximate surface area is 119 Å². The number of nitrogens with one attached hydrogen (secondary N) is 1. The van der Waals surface area contributed by atoms with Crippen LogP contribution in [0.5, 0.6) is 5.75 Å². The molecular weight excluding hydrogens is 291 g/mol. The maximum Gasteiger partial charge on any atom is 0.194 e. The molecule has 6 heteroatoms. The minimum atomic E-state index is -1.48. The highest BCUT2D eigenvalue weighted by molar-refractivity contribution is 6.30. The molecule has 0 spiro atoms. The van der Waals surface area contributed by atoms with Gasteiger partial charge >= 0.3 is 0 Å². The van der Waals surface area contributed by atoms with E-state index in [1.54, 1.807) is 18.2 Å². The molecule has 0 bridgehead atoms. The van der Waals surface area contributed by atoms with Gasteiger partial charge in [-0.15, -0.1) is 0 Å².